The first kappa shape index (κ1) is 15.0. The Morgan fingerprint density at radius 2 is 1.96 bits per heavy atom. The fourth-order valence-electron chi connectivity index (χ4n) is 3.17. The molecule has 0 saturated heterocycles. The third kappa shape index (κ3) is 2.69. The summed E-state index contributed by atoms with van der Waals surface area (Å²) in [6.45, 7) is 4.23. The molecule has 4 heteroatoms. The van der Waals surface area contributed by atoms with E-state index < -0.39 is 0 Å². The number of hydrogen-bond acceptors (Lipinski definition) is 3. The molecule has 0 amide bonds. The highest BCUT2D eigenvalue weighted by atomic mass is 32.1. The van der Waals surface area contributed by atoms with Gasteiger partial charge in [-0.25, -0.2) is 4.98 Å². The van der Waals surface area contributed by atoms with E-state index in [9.17, 15) is 0 Å². The average molecular weight is 333 g/mol. The lowest BCUT2D eigenvalue weighted by Crippen LogP contribution is -2.13. The minimum Gasteiger partial charge on any atom is -0.358 e. The van der Waals surface area contributed by atoms with Crippen molar-refractivity contribution in [3.63, 3.8) is 0 Å². The zero-order chi connectivity index (χ0) is 16.5. The topological polar surface area (TPSA) is 40.7 Å². The molecular weight excluding hydrogens is 314 g/mol. The van der Waals surface area contributed by atoms with Crippen LogP contribution < -0.4 is 5.32 Å². The predicted octanol–water partition coefficient (Wildman–Crippen LogP) is 5.44. The van der Waals surface area contributed by atoms with Crippen molar-refractivity contribution in [2.75, 3.05) is 5.32 Å². The van der Waals surface area contributed by atoms with Gasteiger partial charge in [-0.3, -0.25) is 0 Å². The van der Waals surface area contributed by atoms with Gasteiger partial charge in [-0.05, 0) is 49.1 Å². The lowest BCUT2D eigenvalue weighted by molar-refractivity contribution is 0.942. The van der Waals surface area contributed by atoms with Crippen molar-refractivity contribution in [2.45, 2.75) is 19.9 Å². The van der Waals surface area contributed by atoms with Gasteiger partial charge in [0.25, 0.3) is 0 Å². The summed E-state index contributed by atoms with van der Waals surface area (Å²) in [5, 5.41) is 7.02. The van der Waals surface area contributed by atoms with Gasteiger partial charge in [0.2, 0.25) is 0 Å². The molecule has 0 fully saturated rings. The molecule has 120 valence electrons. The van der Waals surface area contributed by atoms with Gasteiger partial charge in [0.15, 0.2) is 0 Å². The molecule has 0 radical (unpaired) electrons. The minimum atomic E-state index is 0.0791. The quantitative estimate of drug-likeness (QED) is 0.522. The van der Waals surface area contributed by atoms with Gasteiger partial charge >= 0.3 is 0 Å². The van der Waals surface area contributed by atoms with Gasteiger partial charge in [0.1, 0.15) is 5.82 Å². The zero-order valence-electron chi connectivity index (χ0n) is 13.7. The van der Waals surface area contributed by atoms with Crippen LogP contribution in [0, 0.1) is 13.8 Å². The van der Waals surface area contributed by atoms with Gasteiger partial charge < -0.3 is 10.3 Å². The van der Waals surface area contributed by atoms with E-state index in [1.807, 2.05) is 12.3 Å². The van der Waals surface area contributed by atoms with Crippen molar-refractivity contribution < 1.29 is 0 Å². The van der Waals surface area contributed by atoms with Gasteiger partial charge in [-0.1, -0.05) is 24.3 Å². The highest BCUT2D eigenvalue weighted by Crippen LogP contribution is 2.36. The van der Waals surface area contributed by atoms with Crippen molar-refractivity contribution in [2.24, 2.45) is 0 Å². The van der Waals surface area contributed by atoms with E-state index in [0.717, 1.165) is 5.82 Å². The molecular formula is C20H19N3S. The minimum absolute atomic E-state index is 0.0791. The van der Waals surface area contributed by atoms with Crippen LogP contribution in [0.25, 0.3) is 10.9 Å². The van der Waals surface area contributed by atoms with Crippen LogP contribution in [-0.2, 0) is 0 Å². The van der Waals surface area contributed by atoms with Crippen molar-refractivity contribution in [3.8, 4) is 0 Å². The number of pyridine rings is 1. The van der Waals surface area contributed by atoms with Crippen molar-refractivity contribution in [1.82, 2.24) is 9.97 Å². The second kappa shape index (κ2) is 6.13. The number of nitrogens with one attached hydrogen (secondary N) is 2. The summed E-state index contributed by atoms with van der Waals surface area (Å²) in [6, 6.07) is 16.9. The van der Waals surface area contributed by atoms with E-state index in [0.29, 0.717) is 0 Å². The molecule has 4 aromatic rings. The molecule has 3 heterocycles. The molecule has 0 aliphatic carbocycles. The van der Waals surface area contributed by atoms with Crippen LogP contribution in [0.5, 0.6) is 0 Å². The van der Waals surface area contributed by atoms with E-state index in [1.165, 1.54) is 32.6 Å². The third-order valence-corrected chi connectivity index (χ3v) is 5.20. The summed E-state index contributed by atoms with van der Waals surface area (Å²) < 4.78 is 0. The molecule has 1 atom stereocenters. The maximum Gasteiger partial charge on any atom is 0.126 e. The first-order valence-electron chi connectivity index (χ1n) is 8.02. The summed E-state index contributed by atoms with van der Waals surface area (Å²) >= 11 is 1.77. The van der Waals surface area contributed by atoms with E-state index in [2.05, 4.69) is 77.0 Å². The number of fused-ring (bicyclic) bond motifs is 1. The number of para-hydroxylation sites is 1. The summed E-state index contributed by atoms with van der Waals surface area (Å²) in [6.07, 6.45) is 1.85. The van der Waals surface area contributed by atoms with Gasteiger partial charge in [-0.15, -0.1) is 11.3 Å². The summed E-state index contributed by atoms with van der Waals surface area (Å²) in [5.41, 5.74) is 4.85. The number of H-pyrrole nitrogens is 1. The first-order valence-corrected chi connectivity index (χ1v) is 8.90. The number of benzene rings is 1. The summed E-state index contributed by atoms with van der Waals surface area (Å²) in [5.74, 6) is 0.901. The van der Waals surface area contributed by atoms with E-state index >= 15 is 0 Å². The number of aryl methyl sites for hydroxylation is 2. The van der Waals surface area contributed by atoms with E-state index in [-0.39, 0.29) is 6.04 Å². The molecule has 0 unspecified atom stereocenters. The molecule has 0 spiro atoms. The normalized spacial score (nSPS) is 12.4. The monoisotopic (exact) mass is 333 g/mol. The SMILES string of the molecule is Cc1ccnc(N[C@@H](c2cccs2)c2c(C)[nH]c3ccccc23)c1. The lowest BCUT2D eigenvalue weighted by atomic mass is 10.0. The van der Waals surface area contributed by atoms with Crippen LogP contribution in [0.4, 0.5) is 5.82 Å². The average Bonchev–Trinajstić information content (AvgIpc) is 3.20. The number of nitrogens with zero attached hydrogens (tertiary/aromatic N) is 1. The van der Waals surface area contributed by atoms with Gasteiger partial charge in [0, 0.05) is 33.2 Å². The highest BCUT2D eigenvalue weighted by Gasteiger charge is 2.22. The fourth-order valence-corrected chi connectivity index (χ4v) is 3.96. The Hall–Kier alpha value is -2.59. The summed E-state index contributed by atoms with van der Waals surface area (Å²) in [4.78, 5) is 9.29. The molecule has 24 heavy (non-hydrogen) atoms. The molecule has 3 nitrogen and oxygen atoms in total. The van der Waals surface area contributed by atoms with Crippen LogP contribution in [0.3, 0.4) is 0 Å². The largest absolute Gasteiger partial charge is 0.358 e. The van der Waals surface area contributed by atoms with Crippen LogP contribution in [-0.4, -0.2) is 9.97 Å². The van der Waals surface area contributed by atoms with Crippen LogP contribution in [0.1, 0.15) is 27.7 Å². The number of anilines is 1. The summed E-state index contributed by atoms with van der Waals surface area (Å²) in [7, 11) is 0. The molecule has 0 aliphatic rings. The zero-order valence-corrected chi connectivity index (χ0v) is 14.5. The number of hydrogen-bond donors (Lipinski definition) is 2. The Kier molecular flexibility index (Phi) is 3.82. The second-order valence-corrected chi connectivity index (χ2v) is 7.00. The molecule has 0 saturated carbocycles. The lowest BCUT2D eigenvalue weighted by Gasteiger charge is -2.19. The number of aromatic amines is 1. The number of thiophene rings is 1. The Labute approximate surface area is 145 Å². The van der Waals surface area contributed by atoms with Crippen molar-refractivity contribution in [1.29, 1.82) is 0 Å². The maximum absolute atomic E-state index is 4.49. The molecule has 4 rings (SSSR count). The predicted molar refractivity (Wildman–Crippen MR) is 102 cm³/mol. The van der Waals surface area contributed by atoms with Crippen LogP contribution >= 0.6 is 11.3 Å². The Morgan fingerprint density at radius 3 is 2.75 bits per heavy atom. The van der Waals surface area contributed by atoms with E-state index in [4.69, 9.17) is 0 Å². The number of rotatable bonds is 4. The van der Waals surface area contributed by atoms with Crippen molar-refractivity contribution >= 4 is 28.1 Å². The molecule has 0 aliphatic heterocycles. The van der Waals surface area contributed by atoms with Crippen molar-refractivity contribution in [3.05, 3.63) is 81.8 Å². The van der Waals surface area contributed by atoms with Gasteiger partial charge in [-0.2, -0.15) is 0 Å². The second-order valence-electron chi connectivity index (χ2n) is 6.02. The molecule has 2 N–H and O–H groups in total. The smallest absolute Gasteiger partial charge is 0.126 e. The Bertz CT molecular complexity index is 970. The molecule has 3 aromatic heterocycles. The van der Waals surface area contributed by atoms with Crippen LogP contribution in [0.2, 0.25) is 0 Å². The Morgan fingerprint density at radius 1 is 1.08 bits per heavy atom. The molecule has 0 bridgehead atoms. The Balaban J connectivity index is 1.85. The number of aromatic nitrogens is 2. The first-order chi connectivity index (χ1) is 11.7. The maximum atomic E-state index is 4.49. The standard InChI is InChI=1S/C20H19N3S/c1-13-9-10-21-18(12-13)23-20(17-8-5-11-24-17)19-14(2)22-16-7-4-3-6-15(16)19/h3-12,20,22H,1-2H3,(H,21,23)/t20-/m0/s1. The molecule has 1 aromatic carbocycles. The van der Waals surface area contributed by atoms with E-state index in [1.54, 1.807) is 11.3 Å². The third-order valence-electron chi connectivity index (χ3n) is 4.27. The highest BCUT2D eigenvalue weighted by molar-refractivity contribution is 7.10. The van der Waals surface area contributed by atoms with Gasteiger partial charge in [0.05, 0.1) is 6.04 Å². The fraction of sp³-hybridized carbons (Fsp3) is 0.150. The van der Waals surface area contributed by atoms with Crippen LogP contribution in [0.15, 0.2) is 60.1 Å².